The molecule has 1 fully saturated rings. The summed E-state index contributed by atoms with van der Waals surface area (Å²) in [5.74, 6) is 0.404. The molecule has 2 aliphatic rings. The Hall–Kier alpha value is -2.66. The summed E-state index contributed by atoms with van der Waals surface area (Å²) in [7, 11) is 0. The number of ether oxygens (including phenoxy) is 1. The van der Waals surface area contributed by atoms with E-state index in [1.807, 2.05) is 6.07 Å². The van der Waals surface area contributed by atoms with E-state index in [-0.39, 0.29) is 11.9 Å². The number of fused-ring (bicyclic) bond motifs is 1. The van der Waals surface area contributed by atoms with Gasteiger partial charge in [0.05, 0.1) is 11.7 Å². The normalized spacial score (nSPS) is 22.1. The van der Waals surface area contributed by atoms with E-state index < -0.39 is 0 Å². The third kappa shape index (κ3) is 3.02. The van der Waals surface area contributed by atoms with Gasteiger partial charge in [0, 0.05) is 11.8 Å². The first-order valence-corrected chi connectivity index (χ1v) is 9.57. The molecule has 27 heavy (non-hydrogen) atoms. The van der Waals surface area contributed by atoms with Crippen LogP contribution in [0.1, 0.15) is 30.1 Å². The quantitative estimate of drug-likeness (QED) is 0.749. The van der Waals surface area contributed by atoms with Gasteiger partial charge in [-0.05, 0) is 67.7 Å². The van der Waals surface area contributed by atoms with Crippen LogP contribution in [0.4, 0.5) is 4.39 Å². The number of aromatic amines is 1. The maximum Gasteiger partial charge on any atom is 0.140 e. The number of rotatable bonds is 4. The van der Waals surface area contributed by atoms with E-state index in [4.69, 9.17) is 4.74 Å². The van der Waals surface area contributed by atoms with Crippen LogP contribution in [0, 0.1) is 5.82 Å². The summed E-state index contributed by atoms with van der Waals surface area (Å²) in [6.07, 6.45) is 5.11. The number of nitrogens with one attached hydrogen (secondary N) is 1. The van der Waals surface area contributed by atoms with Crippen LogP contribution in [0.2, 0.25) is 0 Å². The maximum absolute atomic E-state index is 13.9. The predicted octanol–water partition coefficient (Wildman–Crippen LogP) is 4.36. The number of hydrogen-bond acceptors (Lipinski definition) is 3. The van der Waals surface area contributed by atoms with E-state index in [2.05, 4.69) is 39.4 Å². The van der Waals surface area contributed by atoms with Gasteiger partial charge in [0.25, 0.3) is 0 Å². The number of halogens is 1. The zero-order valence-electron chi connectivity index (χ0n) is 15.1. The lowest BCUT2D eigenvalue weighted by molar-refractivity contribution is 0.0945. The molecule has 1 aromatic heterocycles. The molecular weight excluding hydrogens is 341 g/mol. The lowest BCUT2D eigenvalue weighted by atomic mass is 10.1. The lowest BCUT2D eigenvalue weighted by Gasteiger charge is -2.30. The summed E-state index contributed by atoms with van der Waals surface area (Å²) < 4.78 is 20.5. The smallest absolute Gasteiger partial charge is 0.140 e. The SMILES string of the molecule is Fc1ccc(OC2c3ccccc3CC2N2CCCC2)c(-c2ccn[nH]2)c1. The van der Waals surface area contributed by atoms with Crippen LogP contribution < -0.4 is 4.74 Å². The van der Waals surface area contributed by atoms with Gasteiger partial charge in [-0.25, -0.2) is 4.39 Å². The first-order chi connectivity index (χ1) is 13.3. The Bertz CT molecular complexity index is 934. The van der Waals surface area contributed by atoms with Gasteiger partial charge in [-0.1, -0.05) is 24.3 Å². The third-order valence-electron chi connectivity index (χ3n) is 5.74. The second-order valence-corrected chi connectivity index (χ2v) is 7.36. The highest BCUT2D eigenvalue weighted by Crippen LogP contribution is 2.41. The third-order valence-corrected chi connectivity index (χ3v) is 5.74. The Morgan fingerprint density at radius 2 is 1.93 bits per heavy atom. The molecule has 3 aromatic rings. The van der Waals surface area contributed by atoms with Gasteiger partial charge in [0.2, 0.25) is 0 Å². The summed E-state index contributed by atoms with van der Waals surface area (Å²) >= 11 is 0. The molecule has 2 atom stereocenters. The summed E-state index contributed by atoms with van der Waals surface area (Å²) in [6.45, 7) is 2.24. The summed E-state index contributed by atoms with van der Waals surface area (Å²) in [6, 6.07) is 15.4. The molecule has 0 amide bonds. The van der Waals surface area contributed by atoms with Gasteiger partial charge < -0.3 is 4.74 Å². The summed E-state index contributed by atoms with van der Waals surface area (Å²) in [5.41, 5.74) is 4.06. The van der Waals surface area contributed by atoms with Crippen molar-refractivity contribution in [2.24, 2.45) is 0 Å². The molecule has 4 nitrogen and oxygen atoms in total. The number of hydrogen-bond donors (Lipinski definition) is 1. The first-order valence-electron chi connectivity index (χ1n) is 9.57. The molecule has 2 unspecified atom stereocenters. The number of nitrogens with zero attached hydrogens (tertiary/aromatic N) is 2. The molecule has 5 heteroatoms. The van der Waals surface area contributed by atoms with Gasteiger partial charge in [0.1, 0.15) is 17.7 Å². The van der Waals surface area contributed by atoms with Crippen LogP contribution in [-0.2, 0) is 6.42 Å². The average Bonchev–Trinajstić information content (AvgIpc) is 3.44. The van der Waals surface area contributed by atoms with E-state index in [0.29, 0.717) is 17.4 Å². The Morgan fingerprint density at radius 3 is 2.74 bits per heavy atom. The van der Waals surface area contributed by atoms with E-state index >= 15 is 0 Å². The second kappa shape index (κ2) is 6.82. The van der Waals surface area contributed by atoms with Crippen molar-refractivity contribution in [3.05, 3.63) is 71.7 Å². The van der Waals surface area contributed by atoms with Crippen molar-refractivity contribution >= 4 is 0 Å². The van der Waals surface area contributed by atoms with Crippen molar-refractivity contribution < 1.29 is 9.13 Å². The number of benzene rings is 2. The van der Waals surface area contributed by atoms with E-state index in [1.54, 1.807) is 12.3 Å². The lowest BCUT2D eigenvalue weighted by Crippen LogP contribution is -2.38. The number of H-pyrrole nitrogens is 1. The van der Waals surface area contributed by atoms with Crippen molar-refractivity contribution in [1.29, 1.82) is 0 Å². The van der Waals surface area contributed by atoms with Gasteiger partial charge >= 0.3 is 0 Å². The Labute approximate surface area is 158 Å². The highest BCUT2D eigenvalue weighted by molar-refractivity contribution is 5.67. The number of likely N-dealkylation sites (tertiary alicyclic amines) is 1. The molecule has 1 aliphatic heterocycles. The van der Waals surface area contributed by atoms with Gasteiger partial charge in [-0.3, -0.25) is 10.00 Å². The molecule has 2 heterocycles. The summed E-state index contributed by atoms with van der Waals surface area (Å²) in [5, 5.41) is 6.93. The monoisotopic (exact) mass is 363 g/mol. The van der Waals surface area contributed by atoms with Crippen LogP contribution >= 0.6 is 0 Å². The Balaban J connectivity index is 1.53. The van der Waals surface area contributed by atoms with Crippen LogP contribution in [-0.4, -0.2) is 34.2 Å². The van der Waals surface area contributed by atoms with Gasteiger partial charge in [0.15, 0.2) is 0 Å². The fraction of sp³-hybridized carbons (Fsp3) is 0.318. The molecule has 138 valence electrons. The van der Waals surface area contributed by atoms with Gasteiger partial charge in [-0.15, -0.1) is 0 Å². The molecule has 5 rings (SSSR count). The molecule has 1 N–H and O–H groups in total. The van der Waals surface area contributed by atoms with Crippen molar-refractivity contribution in [3.63, 3.8) is 0 Å². The fourth-order valence-electron chi connectivity index (χ4n) is 4.43. The molecular formula is C22H22FN3O. The van der Waals surface area contributed by atoms with Crippen LogP contribution in [0.15, 0.2) is 54.7 Å². The highest BCUT2D eigenvalue weighted by atomic mass is 19.1. The fourth-order valence-corrected chi connectivity index (χ4v) is 4.43. The van der Waals surface area contributed by atoms with E-state index in [9.17, 15) is 4.39 Å². The zero-order valence-corrected chi connectivity index (χ0v) is 15.1. The zero-order chi connectivity index (χ0) is 18.2. The maximum atomic E-state index is 13.9. The molecule has 1 aliphatic carbocycles. The predicted molar refractivity (Wildman–Crippen MR) is 102 cm³/mol. The van der Waals surface area contributed by atoms with E-state index in [1.165, 1.54) is 36.1 Å². The van der Waals surface area contributed by atoms with Crippen LogP contribution in [0.5, 0.6) is 5.75 Å². The molecule has 0 spiro atoms. The van der Waals surface area contributed by atoms with E-state index in [0.717, 1.165) is 25.2 Å². The molecule has 1 saturated heterocycles. The second-order valence-electron chi connectivity index (χ2n) is 7.36. The van der Waals surface area contributed by atoms with Gasteiger partial charge in [-0.2, -0.15) is 5.10 Å². The average molecular weight is 363 g/mol. The molecule has 0 radical (unpaired) electrons. The summed E-state index contributed by atoms with van der Waals surface area (Å²) in [4.78, 5) is 2.55. The highest BCUT2D eigenvalue weighted by Gasteiger charge is 2.39. The molecule has 2 aromatic carbocycles. The van der Waals surface area contributed by atoms with Crippen molar-refractivity contribution in [2.75, 3.05) is 13.1 Å². The Morgan fingerprint density at radius 1 is 1.07 bits per heavy atom. The van der Waals surface area contributed by atoms with Crippen molar-refractivity contribution in [3.8, 4) is 17.0 Å². The largest absolute Gasteiger partial charge is 0.483 e. The first kappa shape index (κ1) is 16.5. The minimum absolute atomic E-state index is 0.0496. The Kier molecular flexibility index (Phi) is 4.17. The topological polar surface area (TPSA) is 41.1 Å². The molecule has 0 saturated carbocycles. The minimum atomic E-state index is -0.283. The van der Waals surface area contributed by atoms with Crippen molar-refractivity contribution in [2.45, 2.75) is 31.4 Å². The standard InChI is InChI=1S/C22H22FN3O/c23-16-7-8-21(18(14-16)19-9-10-24-25-19)27-22-17-6-2-1-5-15(17)13-20(22)26-11-3-4-12-26/h1-2,5-10,14,20,22H,3-4,11-13H2,(H,24,25). The molecule has 0 bridgehead atoms. The van der Waals surface area contributed by atoms with Crippen LogP contribution in [0.3, 0.4) is 0 Å². The van der Waals surface area contributed by atoms with Crippen LogP contribution in [0.25, 0.3) is 11.3 Å². The van der Waals surface area contributed by atoms with Crippen molar-refractivity contribution in [1.82, 2.24) is 15.1 Å². The minimum Gasteiger partial charge on any atom is -0.483 e. The number of aromatic nitrogens is 2.